The van der Waals surface area contributed by atoms with Gasteiger partial charge in [-0.2, -0.15) is 8.78 Å². The van der Waals surface area contributed by atoms with Gasteiger partial charge in [0.05, 0.1) is 5.69 Å². The van der Waals surface area contributed by atoms with Crippen LogP contribution in [0.1, 0.15) is 0 Å². The molecule has 0 bridgehead atoms. The van der Waals surface area contributed by atoms with Crippen LogP contribution in [0.2, 0.25) is 0 Å². The van der Waals surface area contributed by atoms with Gasteiger partial charge in [-0.05, 0) is 23.6 Å². The van der Waals surface area contributed by atoms with Crippen LogP contribution in [0.15, 0.2) is 71.6 Å². The molecule has 8 nitrogen and oxygen atoms in total. The van der Waals surface area contributed by atoms with Gasteiger partial charge in [0.15, 0.2) is 15.9 Å². The van der Waals surface area contributed by atoms with Crippen LogP contribution < -0.4 is 9.46 Å². The van der Waals surface area contributed by atoms with Crippen molar-refractivity contribution in [1.29, 1.82) is 0 Å². The third-order valence-corrected chi connectivity index (χ3v) is 6.13. The van der Waals surface area contributed by atoms with E-state index in [-0.39, 0.29) is 5.69 Å². The maximum absolute atomic E-state index is 13.4. The van der Waals surface area contributed by atoms with E-state index in [0.717, 1.165) is 17.5 Å². The van der Waals surface area contributed by atoms with Crippen molar-refractivity contribution in [1.82, 2.24) is 0 Å². The number of alkyl halides is 2. The van der Waals surface area contributed by atoms with E-state index in [1.165, 1.54) is 18.2 Å². The molecule has 1 N–H and O–H groups in total. The van der Waals surface area contributed by atoms with E-state index in [9.17, 15) is 35.0 Å². The summed E-state index contributed by atoms with van der Waals surface area (Å²) in [5, 5.41) is -4.13. The summed E-state index contributed by atoms with van der Waals surface area (Å²) in [6.07, 6.45) is 0. The fraction of sp³-hybridized carbons (Fsp3) is 0.0556. The predicted molar refractivity (Wildman–Crippen MR) is 101 cm³/mol. The van der Waals surface area contributed by atoms with Crippen molar-refractivity contribution in [2.45, 2.75) is 10.2 Å². The topological polar surface area (TPSA) is 130 Å². The molecule has 3 aromatic carbocycles. The van der Waals surface area contributed by atoms with E-state index in [0.29, 0.717) is 5.39 Å². The molecule has 0 radical (unpaired) electrons. The molecule has 158 valence electrons. The summed E-state index contributed by atoms with van der Waals surface area (Å²) >= 11 is 0. The van der Waals surface area contributed by atoms with Crippen molar-refractivity contribution in [2.24, 2.45) is 0 Å². The Kier molecular flexibility index (Phi) is 5.50. The second-order valence-corrected chi connectivity index (χ2v) is 9.01. The largest absolute Gasteiger partial charge is 0.743 e. The molecule has 0 atom stereocenters. The number of rotatable bonds is 6. The third-order valence-electron chi connectivity index (χ3n) is 3.93. The number of halogens is 2. The first-order valence-electron chi connectivity index (χ1n) is 8.08. The van der Waals surface area contributed by atoms with Crippen LogP contribution in [0, 0.1) is 0 Å². The normalized spacial score (nSPS) is 12.5. The molecule has 0 amide bonds. The summed E-state index contributed by atoms with van der Waals surface area (Å²) in [7, 11) is -10.8. The Morgan fingerprint density at radius 2 is 1.50 bits per heavy atom. The van der Waals surface area contributed by atoms with Crippen LogP contribution in [0.25, 0.3) is 10.8 Å². The number of esters is 1. The zero-order valence-electron chi connectivity index (χ0n) is 14.8. The van der Waals surface area contributed by atoms with Crippen LogP contribution >= 0.6 is 0 Å². The summed E-state index contributed by atoms with van der Waals surface area (Å²) < 4.78 is 90.8. The maximum atomic E-state index is 13.4. The van der Waals surface area contributed by atoms with Gasteiger partial charge < -0.3 is 9.29 Å². The van der Waals surface area contributed by atoms with Crippen molar-refractivity contribution in [3.63, 3.8) is 0 Å². The highest BCUT2D eigenvalue weighted by Crippen LogP contribution is 2.31. The molecule has 0 aliphatic rings. The third kappa shape index (κ3) is 4.10. The fourth-order valence-corrected chi connectivity index (χ4v) is 3.99. The van der Waals surface area contributed by atoms with Crippen LogP contribution in [0.5, 0.6) is 5.75 Å². The summed E-state index contributed by atoms with van der Waals surface area (Å²) in [6, 6.07) is 15.9. The number of hydrogen-bond donors (Lipinski definition) is 1. The zero-order valence-corrected chi connectivity index (χ0v) is 16.4. The summed E-state index contributed by atoms with van der Waals surface area (Å²) in [5.41, 5.74) is 0.168. The lowest BCUT2D eigenvalue weighted by molar-refractivity contribution is -0.151. The average molecular weight is 456 g/mol. The predicted octanol–water partition coefficient (Wildman–Crippen LogP) is 2.68. The zero-order chi connectivity index (χ0) is 22.2. The van der Waals surface area contributed by atoms with Crippen LogP contribution in [0.4, 0.5) is 14.5 Å². The quantitative estimate of drug-likeness (QED) is 0.343. The first-order valence-corrected chi connectivity index (χ1v) is 11.0. The molecule has 0 heterocycles. The number of sulfonamides is 1. The fourth-order valence-electron chi connectivity index (χ4n) is 2.53. The lowest BCUT2D eigenvalue weighted by atomic mass is 10.1. The number of benzene rings is 3. The van der Waals surface area contributed by atoms with Gasteiger partial charge in [-0.25, -0.2) is 21.6 Å². The second-order valence-electron chi connectivity index (χ2n) is 5.94. The minimum Gasteiger partial charge on any atom is -0.743 e. The van der Waals surface area contributed by atoms with Crippen LogP contribution in [0.3, 0.4) is 0 Å². The summed E-state index contributed by atoms with van der Waals surface area (Å²) in [5.74, 6) is -3.59. The first-order chi connectivity index (χ1) is 13.9. The molecular weight excluding hydrogens is 444 g/mol. The van der Waals surface area contributed by atoms with Gasteiger partial charge in [-0.1, -0.05) is 48.5 Å². The monoisotopic (exact) mass is 456 g/mol. The molecule has 0 aromatic heterocycles. The van der Waals surface area contributed by atoms with Gasteiger partial charge in [0.1, 0.15) is 4.90 Å². The minimum absolute atomic E-state index is 0.168. The molecule has 0 saturated carbocycles. The Hall–Kier alpha value is -3.09. The van der Waals surface area contributed by atoms with Gasteiger partial charge in [-0.15, -0.1) is 0 Å². The Morgan fingerprint density at radius 1 is 0.900 bits per heavy atom. The van der Waals surface area contributed by atoms with E-state index < -0.39 is 42.0 Å². The van der Waals surface area contributed by atoms with Crippen molar-refractivity contribution in [3.05, 3.63) is 66.7 Å². The molecule has 0 saturated heterocycles. The number of hydrogen-bond acceptors (Lipinski definition) is 7. The summed E-state index contributed by atoms with van der Waals surface area (Å²) in [6.45, 7) is 0. The molecule has 3 rings (SSSR count). The van der Waals surface area contributed by atoms with Crippen molar-refractivity contribution in [2.75, 3.05) is 4.72 Å². The highest BCUT2D eigenvalue weighted by Gasteiger charge is 2.49. The van der Waals surface area contributed by atoms with E-state index in [2.05, 4.69) is 9.46 Å². The van der Waals surface area contributed by atoms with Crippen molar-refractivity contribution in [3.8, 4) is 5.75 Å². The molecule has 3 aromatic rings. The number of carbonyl (C=O) groups excluding carboxylic acids is 1. The minimum atomic E-state index is -6.37. The first kappa shape index (κ1) is 21.6. The van der Waals surface area contributed by atoms with Crippen LogP contribution in [-0.4, -0.2) is 32.6 Å². The number of fused-ring (bicyclic) bond motifs is 1. The van der Waals surface area contributed by atoms with Gasteiger partial charge in [-0.3, -0.25) is 4.72 Å². The Morgan fingerprint density at radius 3 is 2.20 bits per heavy atom. The number of carbonyl (C=O) groups is 1. The molecule has 0 spiro atoms. The molecule has 30 heavy (non-hydrogen) atoms. The number of nitrogens with one attached hydrogen (secondary N) is 1. The Labute approximate surface area is 169 Å². The molecule has 0 unspecified atom stereocenters. The number of anilines is 1. The van der Waals surface area contributed by atoms with E-state index >= 15 is 0 Å². The van der Waals surface area contributed by atoms with E-state index in [1.807, 2.05) is 0 Å². The van der Waals surface area contributed by atoms with Gasteiger partial charge >= 0.3 is 11.2 Å². The molecule has 12 heteroatoms. The van der Waals surface area contributed by atoms with Gasteiger partial charge in [0, 0.05) is 5.39 Å². The molecule has 0 fully saturated rings. The lowest BCUT2D eigenvalue weighted by Crippen LogP contribution is -2.40. The Bertz CT molecular complexity index is 1330. The van der Waals surface area contributed by atoms with E-state index in [4.69, 9.17) is 0 Å². The maximum Gasteiger partial charge on any atom is 0.429 e. The highest BCUT2D eigenvalue weighted by molar-refractivity contribution is 7.92. The average Bonchev–Trinajstić information content (AvgIpc) is 2.67. The van der Waals surface area contributed by atoms with Crippen molar-refractivity contribution < 1.29 is 39.7 Å². The standard InChI is InChI=1S/C18H13F2NO7S2/c19-18(20,30(25,26)27)17(22)28-15-10-3-4-11-16(15)29(23,24)21-14-9-5-7-12-6-1-2-8-13(12)14/h1-11,21H,(H,25,26,27)/p-1. The summed E-state index contributed by atoms with van der Waals surface area (Å²) in [4.78, 5) is 10.8. The van der Waals surface area contributed by atoms with E-state index in [1.54, 1.807) is 36.4 Å². The SMILES string of the molecule is O=C(Oc1ccccc1S(=O)(=O)Nc1cccc2ccccc12)C(F)(F)S(=O)(=O)[O-]. The molecule has 0 aliphatic carbocycles. The second kappa shape index (κ2) is 7.63. The number of ether oxygens (including phenoxy) is 1. The van der Waals surface area contributed by atoms with Gasteiger partial charge in [0.2, 0.25) is 0 Å². The lowest BCUT2D eigenvalue weighted by Gasteiger charge is -2.19. The highest BCUT2D eigenvalue weighted by atomic mass is 32.2. The molecular formula is C18H12F2NO7S2-. The van der Waals surface area contributed by atoms with Crippen molar-refractivity contribution >= 4 is 42.6 Å². The smallest absolute Gasteiger partial charge is 0.429 e. The Balaban J connectivity index is 1.99. The van der Waals surface area contributed by atoms with Crippen LogP contribution in [-0.2, 0) is 24.9 Å². The van der Waals surface area contributed by atoms with Gasteiger partial charge in [0.25, 0.3) is 10.0 Å². The number of para-hydroxylation sites is 1. The molecule has 0 aliphatic heterocycles.